The molecular formula is C27H30O7. The fourth-order valence-corrected chi connectivity index (χ4v) is 4.19. The maximum Gasteiger partial charge on any atom is 0.161 e. The second-order valence-corrected chi connectivity index (χ2v) is 7.71. The number of carbonyl (C=O) groups is 1. The molecule has 7 heteroatoms. The van der Waals surface area contributed by atoms with Gasteiger partial charge in [0.25, 0.3) is 0 Å². The van der Waals surface area contributed by atoms with Crippen molar-refractivity contribution in [1.82, 2.24) is 0 Å². The number of aldehydes is 1. The number of hydrogen-bond donors (Lipinski definition) is 2. The number of aliphatic hydroxyl groups excluding tert-OH is 2. The highest BCUT2D eigenvalue weighted by Gasteiger charge is 2.29. The molecule has 180 valence electrons. The van der Waals surface area contributed by atoms with Crippen molar-refractivity contribution in [2.45, 2.75) is 25.0 Å². The Bertz CT molecular complexity index is 1070. The van der Waals surface area contributed by atoms with Crippen LogP contribution in [0.3, 0.4) is 0 Å². The van der Waals surface area contributed by atoms with Crippen LogP contribution in [0.25, 0.3) is 0 Å². The molecule has 0 amide bonds. The fourth-order valence-electron chi connectivity index (χ4n) is 4.19. The van der Waals surface area contributed by atoms with Gasteiger partial charge >= 0.3 is 0 Å². The first-order chi connectivity index (χ1) is 16.5. The lowest BCUT2D eigenvalue weighted by Gasteiger charge is -2.26. The SMILES string of the molecule is COc1cc(C(C=O)C(c2ccc(CO)c(OC)c2)c2ccc(OC)c(OC)c2)ccc1CO. The second kappa shape index (κ2) is 11.5. The van der Waals surface area contributed by atoms with E-state index in [-0.39, 0.29) is 13.2 Å². The summed E-state index contributed by atoms with van der Waals surface area (Å²) in [5.41, 5.74) is 3.66. The Hall–Kier alpha value is -3.55. The van der Waals surface area contributed by atoms with Crippen LogP contribution in [0, 0.1) is 0 Å². The second-order valence-electron chi connectivity index (χ2n) is 7.71. The molecule has 0 radical (unpaired) electrons. The molecule has 0 bridgehead atoms. The van der Waals surface area contributed by atoms with Crippen molar-refractivity contribution in [1.29, 1.82) is 0 Å². The summed E-state index contributed by atoms with van der Waals surface area (Å²) in [6.45, 7) is -0.338. The van der Waals surface area contributed by atoms with Crippen molar-refractivity contribution in [3.8, 4) is 23.0 Å². The molecule has 0 aliphatic rings. The summed E-state index contributed by atoms with van der Waals surface area (Å²) in [5, 5.41) is 19.3. The number of carbonyl (C=O) groups excluding carboxylic acids is 1. The molecule has 3 aromatic carbocycles. The number of methoxy groups -OCH3 is 4. The first-order valence-corrected chi connectivity index (χ1v) is 10.8. The van der Waals surface area contributed by atoms with Crippen molar-refractivity contribution >= 4 is 6.29 Å². The smallest absolute Gasteiger partial charge is 0.161 e. The van der Waals surface area contributed by atoms with Crippen molar-refractivity contribution in [2.75, 3.05) is 28.4 Å². The van der Waals surface area contributed by atoms with E-state index in [0.29, 0.717) is 34.1 Å². The van der Waals surface area contributed by atoms with Crippen LogP contribution < -0.4 is 18.9 Å². The molecule has 0 aromatic heterocycles. The highest BCUT2D eigenvalue weighted by Crippen LogP contribution is 2.42. The summed E-state index contributed by atoms with van der Waals surface area (Å²) >= 11 is 0. The summed E-state index contributed by atoms with van der Waals surface area (Å²) in [6.07, 6.45) is 0.904. The van der Waals surface area contributed by atoms with Gasteiger partial charge in [0.1, 0.15) is 17.8 Å². The lowest BCUT2D eigenvalue weighted by Crippen LogP contribution is -2.15. The minimum atomic E-state index is -0.593. The third-order valence-corrected chi connectivity index (χ3v) is 5.98. The molecule has 0 aliphatic heterocycles. The van der Waals surface area contributed by atoms with E-state index in [0.717, 1.165) is 23.0 Å². The maximum atomic E-state index is 12.6. The first-order valence-electron chi connectivity index (χ1n) is 10.8. The molecule has 34 heavy (non-hydrogen) atoms. The van der Waals surface area contributed by atoms with E-state index < -0.39 is 11.8 Å². The Morgan fingerprint density at radius 1 is 0.647 bits per heavy atom. The Labute approximate surface area is 199 Å². The number of benzene rings is 3. The maximum absolute atomic E-state index is 12.6. The first kappa shape index (κ1) is 25.1. The molecule has 3 rings (SSSR count). The van der Waals surface area contributed by atoms with Crippen LogP contribution >= 0.6 is 0 Å². The molecule has 2 N–H and O–H groups in total. The van der Waals surface area contributed by atoms with E-state index in [1.165, 1.54) is 7.11 Å². The topological polar surface area (TPSA) is 94.5 Å². The molecule has 0 saturated carbocycles. The molecule has 3 aromatic rings. The number of hydrogen-bond acceptors (Lipinski definition) is 7. The van der Waals surface area contributed by atoms with E-state index >= 15 is 0 Å². The van der Waals surface area contributed by atoms with Crippen molar-refractivity contribution in [3.05, 3.63) is 82.4 Å². The lowest BCUT2D eigenvalue weighted by atomic mass is 9.77. The average molecular weight is 467 g/mol. The molecule has 0 fully saturated rings. The van der Waals surface area contributed by atoms with Crippen molar-refractivity contribution in [2.24, 2.45) is 0 Å². The van der Waals surface area contributed by atoms with Crippen molar-refractivity contribution < 1.29 is 34.0 Å². The lowest BCUT2D eigenvalue weighted by molar-refractivity contribution is -0.109. The summed E-state index contributed by atoms with van der Waals surface area (Å²) in [6, 6.07) is 16.4. The van der Waals surface area contributed by atoms with Gasteiger partial charge in [0, 0.05) is 17.0 Å². The van der Waals surface area contributed by atoms with Crippen molar-refractivity contribution in [3.63, 3.8) is 0 Å². The van der Waals surface area contributed by atoms with E-state index in [1.807, 2.05) is 30.3 Å². The van der Waals surface area contributed by atoms with Gasteiger partial charge in [0.15, 0.2) is 11.5 Å². The third kappa shape index (κ3) is 5.00. The van der Waals surface area contributed by atoms with Gasteiger partial charge in [-0.25, -0.2) is 0 Å². The molecular weight excluding hydrogens is 436 g/mol. The fraction of sp³-hybridized carbons (Fsp3) is 0.296. The Morgan fingerprint density at radius 3 is 1.56 bits per heavy atom. The Kier molecular flexibility index (Phi) is 8.51. The van der Waals surface area contributed by atoms with Gasteiger partial charge in [-0.05, 0) is 41.0 Å². The standard InChI is InChI=1S/C27H30O7/c1-31-23-10-9-19(13-26(23)34-4)27(18-6-8-21(15-29)25(12-18)33-3)22(16-30)17-5-7-20(14-28)24(11-17)32-2/h5-13,16,22,27-29H,14-15H2,1-4H3. The summed E-state index contributed by atoms with van der Waals surface area (Å²) in [4.78, 5) is 12.6. The molecule has 2 atom stereocenters. The Morgan fingerprint density at radius 2 is 1.09 bits per heavy atom. The number of ether oxygens (including phenoxy) is 4. The molecule has 7 nitrogen and oxygen atoms in total. The molecule has 0 aliphatic carbocycles. The van der Waals surface area contributed by atoms with Crippen LogP contribution in [-0.2, 0) is 18.0 Å². The van der Waals surface area contributed by atoms with E-state index in [1.54, 1.807) is 45.6 Å². The highest BCUT2D eigenvalue weighted by molar-refractivity contribution is 5.68. The quantitative estimate of drug-likeness (QED) is 0.415. The molecule has 2 unspecified atom stereocenters. The van der Waals surface area contributed by atoms with Crippen LogP contribution in [0.15, 0.2) is 54.6 Å². The minimum Gasteiger partial charge on any atom is -0.496 e. The predicted octanol–water partition coefficient (Wildman–Crippen LogP) is 3.82. The normalized spacial score (nSPS) is 12.5. The zero-order valence-electron chi connectivity index (χ0n) is 19.8. The van der Waals surface area contributed by atoms with Gasteiger partial charge in [0.2, 0.25) is 0 Å². The monoisotopic (exact) mass is 466 g/mol. The van der Waals surface area contributed by atoms with Crippen LogP contribution in [-0.4, -0.2) is 44.9 Å². The van der Waals surface area contributed by atoms with Gasteiger partial charge in [0.05, 0.1) is 47.6 Å². The van der Waals surface area contributed by atoms with Gasteiger partial charge in [-0.2, -0.15) is 0 Å². The average Bonchev–Trinajstić information content (AvgIpc) is 2.90. The van der Waals surface area contributed by atoms with Gasteiger partial charge in [-0.3, -0.25) is 0 Å². The summed E-state index contributed by atoms with van der Waals surface area (Å²) in [5.74, 6) is 1.15. The molecule has 0 saturated heterocycles. The van der Waals surface area contributed by atoms with E-state index in [9.17, 15) is 15.0 Å². The minimum absolute atomic E-state index is 0.165. The van der Waals surface area contributed by atoms with E-state index in [4.69, 9.17) is 18.9 Å². The largest absolute Gasteiger partial charge is 0.496 e. The highest BCUT2D eigenvalue weighted by atomic mass is 16.5. The Balaban J connectivity index is 2.23. The van der Waals surface area contributed by atoms with Gasteiger partial charge in [-0.15, -0.1) is 0 Å². The zero-order valence-corrected chi connectivity index (χ0v) is 19.8. The van der Waals surface area contributed by atoms with Crippen LogP contribution in [0.2, 0.25) is 0 Å². The van der Waals surface area contributed by atoms with Crippen LogP contribution in [0.5, 0.6) is 23.0 Å². The predicted molar refractivity (Wildman–Crippen MR) is 128 cm³/mol. The molecule has 0 heterocycles. The van der Waals surface area contributed by atoms with Crippen LogP contribution in [0.1, 0.15) is 39.7 Å². The summed E-state index contributed by atoms with van der Waals surface area (Å²) < 4.78 is 21.8. The van der Waals surface area contributed by atoms with E-state index in [2.05, 4.69) is 0 Å². The zero-order chi connectivity index (χ0) is 24.7. The number of rotatable bonds is 11. The van der Waals surface area contributed by atoms with Gasteiger partial charge < -0.3 is 34.0 Å². The number of aliphatic hydroxyl groups is 2. The van der Waals surface area contributed by atoms with Crippen LogP contribution in [0.4, 0.5) is 0 Å². The third-order valence-electron chi connectivity index (χ3n) is 5.98. The van der Waals surface area contributed by atoms with Gasteiger partial charge in [-0.1, -0.05) is 30.3 Å². The molecule has 0 spiro atoms. The summed E-state index contributed by atoms with van der Waals surface area (Å²) in [7, 11) is 6.19.